The van der Waals surface area contributed by atoms with Crippen LogP contribution in [0.3, 0.4) is 0 Å². The number of fused-ring (bicyclic) bond motifs is 1. The fourth-order valence-electron chi connectivity index (χ4n) is 4.07. The second kappa shape index (κ2) is 10.8. The molecule has 1 N–H and O–H groups in total. The molecule has 3 aromatic rings. The van der Waals surface area contributed by atoms with E-state index in [-0.39, 0.29) is 15.7 Å². The molecule has 0 amide bonds. The second-order valence-electron chi connectivity index (χ2n) is 8.54. The predicted octanol–water partition coefficient (Wildman–Crippen LogP) is 4.33. The number of thiazole rings is 1. The van der Waals surface area contributed by atoms with Crippen LogP contribution in [0.2, 0.25) is 0 Å². The molecule has 0 unspecified atom stereocenters. The number of aromatic hydroxyl groups is 1. The van der Waals surface area contributed by atoms with E-state index in [1.54, 1.807) is 39.0 Å². The summed E-state index contributed by atoms with van der Waals surface area (Å²) in [7, 11) is 1.49. The van der Waals surface area contributed by atoms with Gasteiger partial charge >= 0.3 is 11.7 Å². The number of allylic oxidation sites excluding steroid dienone is 1. The Bertz CT molecular complexity index is 1690. The van der Waals surface area contributed by atoms with E-state index in [1.165, 1.54) is 29.9 Å². The van der Waals surface area contributed by atoms with Gasteiger partial charge < -0.3 is 14.6 Å². The third-order valence-corrected chi connectivity index (χ3v) is 7.57. The van der Waals surface area contributed by atoms with Crippen LogP contribution < -0.4 is 19.6 Å². The first-order valence-electron chi connectivity index (χ1n) is 11.2. The van der Waals surface area contributed by atoms with Crippen LogP contribution in [0.4, 0.5) is 5.69 Å². The van der Waals surface area contributed by atoms with Crippen molar-refractivity contribution in [2.75, 3.05) is 7.11 Å². The van der Waals surface area contributed by atoms with Crippen molar-refractivity contribution in [1.82, 2.24) is 4.57 Å². The molecule has 1 aromatic heterocycles. The minimum atomic E-state index is -0.933. The molecule has 0 saturated carbocycles. The topological polar surface area (TPSA) is 133 Å². The van der Waals surface area contributed by atoms with E-state index < -0.39 is 40.0 Å². The van der Waals surface area contributed by atoms with Gasteiger partial charge in [0.15, 0.2) is 4.80 Å². The average Bonchev–Trinajstić information content (AvgIpc) is 3.13. The van der Waals surface area contributed by atoms with Gasteiger partial charge in [0.05, 0.1) is 33.9 Å². The molecule has 2 aromatic carbocycles. The van der Waals surface area contributed by atoms with Gasteiger partial charge in [-0.1, -0.05) is 43.2 Å². The summed E-state index contributed by atoms with van der Waals surface area (Å²) in [6.45, 7) is 5.11. The Kier molecular flexibility index (Phi) is 7.90. The maximum Gasteiger partial charge on any atom is 0.338 e. The van der Waals surface area contributed by atoms with E-state index >= 15 is 0 Å². The molecule has 4 rings (SSSR count). The molecule has 1 aliphatic rings. The standard InChI is InChI=1S/C25H21Br2N3O7S/c1-11(2)37-24(33)20-12(3)28-25-29(21(20)16-9-14(26)5-6-18(16)36-4)23(32)19(38-25)8-13-7-15(27)10-17(22(13)31)30(34)35/h5-11,21,31H,1-4H3/b19-8-/t21-/m1/s1. The largest absolute Gasteiger partial charge is 0.502 e. The van der Waals surface area contributed by atoms with E-state index in [2.05, 4.69) is 36.9 Å². The van der Waals surface area contributed by atoms with Crippen LogP contribution in [0.15, 0.2) is 60.3 Å². The van der Waals surface area contributed by atoms with E-state index in [0.29, 0.717) is 30.8 Å². The van der Waals surface area contributed by atoms with E-state index in [0.717, 1.165) is 11.3 Å². The number of halogens is 2. The van der Waals surface area contributed by atoms with Crippen molar-refractivity contribution >= 4 is 60.9 Å². The molecular formula is C25H21Br2N3O7S. The number of hydrogen-bond donors (Lipinski definition) is 1. The van der Waals surface area contributed by atoms with Crippen molar-refractivity contribution in [2.45, 2.75) is 32.9 Å². The SMILES string of the molecule is COc1ccc(Br)cc1[C@@H]1C(C(=O)OC(C)C)=C(C)N=c2s/c(=C\c3cc(Br)cc([N+](=O)[O-])c3O)c(=O)n21. The highest BCUT2D eigenvalue weighted by Gasteiger charge is 2.35. The average molecular weight is 667 g/mol. The monoisotopic (exact) mass is 665 g/mol. The van der Waals surface area contributed by atoms with Gasteiger partial charge in [-0.25, -0.2) is 9.79 Å². The number of rotatable bonds is 6. The van der Waals surface area contributed by atoms with Crippen molar-refractivity contribution in [1.29, 1.82) is 0 Å². The highest BCUT2D eigenvalue weighted by Crippen LogP contribution is 2.38. The lowest BCUT2D eigenvalue weighted by Gasteiger charge is -2.26. The smallest absolute Gasteiger partial charge is 0.338 e. The van der Waals surface area contributed by atoms with Crippen LogP contribution in [0.25, 0.3) is 6.08 Å². The number of phenolic OH excluding ortho intramolecular Hbond substituents is 1. The molecule has 0 radical (unpaired) electrons. The van der Waals surface area contributed by atoms with Gasteiger partial charge in [0.2, 0.25) is 5.75 Å². The lowest BCUT2D eigenvalue weighted by molar-refractivity contribution is -0.385. The highest BCUT2D eigenvalue weighted by atomic mass is 79.9. The Morgan fingerprint density at radius 3 is 2.61 bits per heavy atom. The number of methoxy groups -OCH3 is 1. The second-order valence-corrected chi connectivity index (χ2v) is 11.4. The number of nitro groups is 1. The predicted molar refractivity (Wildman–Crippen MR) is 148 cm³/mol. The summed E-state index contributed by atoms with van der Waals surface area (Å²) < 4.78 is 13.7. The Hall–Kier alpha value is -3.29. The number of ether oxygens (including phenoxy) is 2. The zero-order chi connectivity index (χ0) is 27.9. The minimum absolute atomic E-state index is 0.0723. The normalized spacial score (nSPS) is 15.3. The van der Waals surface area contributed by atoms with Gasteiger partial charge in [-0.2, -0.15) is 0 Å². The lowest BCUT2D eigenvalue weighted by atomic mass is 9.95. The van der Waals surface area contributed by atoms with Crippen molar-refractivity contribution in [3.8, 4) is 11.5 Å². The molecule has 1 aliphatic heterocycles. The Morgan fingerprint density at radius 2 is 1.97 bits per heavy atom. The molecule has 13 heteroatoms. The molecule has 0 fully saturated rings. The van der Waals surface area contributed by atoms with Crippen molar-refractivity contribution in [3.05, 3.63) is 91.5 Å². The number of esters is 1. The van der Waals surface area contributed by atoms with Gasteiger partial charge in [-0.15, -0.1) is 0 Å². The van der Waals surface area contributed by atoms with E-state index in [4.69, 9.17) is 9.47 Å². The van der Waals surface area contributed by atoms with Gasteiger partial charge in [-0.3, -0.25) is 19.5 Å². The Balaban J connectivity index is 2.03. The summed E-state index contributed by atoms with van der Waals surface area (Å²) in [4.78, 5) is 42.6. The van der Waals surface area contributed by atoms with Gasteiger partial charge in [0.1, 0.15) is 11.8 Å². The van der Waals surface area contributed by atoms with Crippen LogP contribution in [0.5, 0.6) is 11.5 Å². The fraction of sp³-hybridized carbons (Fsp3) is 0.240. The van der Waals surface area contributed by atoms with Crippen molar-refractivity contribution in [2.24, 2.45) is 4.99 Å². The maximum atomic E-state index is 13.8. The summed E-state index contributed by atoms with van der Waals surface area (Å²) in [5.74, 6) is -0.757. The van der Waals surface area contributed by atoms with E-state index in [9.17, 15) is 24.8 Å². The molecule has 10 nitrogen and oxygen atoms in total. The zero-order valence-electron chi connectivity index (χ0n) is 20.5. The number of nitrogens with zero attached hydrogens (tertiary/aromatic N) is 3. The van der Waals surface area contributed by atoms with Crippen molar-refractivity contribution in [3.63, 3.8) is 0 Å². The molecule has 198 valence electrons. The highest BCUT2D eigenvalue weighted by molar-refractivity contribution is 9.10. The molecular weight excluding hydrogens is 646 g/mol. The summed E-state index contributed by atoms with van der Waals surface area (Å²) in [6, 6.07) is 6.95. The number of carbonyl (C=O) groups is 1. The van der Waals surface area contributed by atoms with Gasteiger partial charge in [-0.05, 0) is 51.1 Å². The van der Waals surface area contributed by atoms with E-state index in [1.807, 2.05) is 0 Å². The first-order valence-corrected chi connectivity index (χ1v) is 13.6. The number of phenols is 1. The van der Waals surface area contributed by atoms with Crippen molar-refractivity contribution < 1.29 is 24.3 Å². The van der Waals surface area contributed by atoms with Gasteiger partial charge in [0, 0.05) is 26.1 Å². The lowest BCUT2D eigenvalue weighted by Crippen LogP contribution is -2.40. The molecule has 1 atom stereocenters. The van der Waals surface area contributed by atoms with Gasteiger partial charge in [0.25, 0.3) is 5.56 Å². The number of aromatic nitrogens is 1. The third-order valence-electron chi connectivity index (χ3n) is 5.64. The molecule has 2 heterocycles. The first-order chi connectivity index (χ1) is 17.9. The summed E-state index contributed by atoms with van der Waals surface area (Å²) in [6.07, 6.45) is 0.949. The van der Waals surface area contributed by atoms with Crippen LogP contribution in [0, 0.1) is 10.1 Å². The van der Waals surface area contributed by atoms with Crippen LogP contribution >= 0.6 is 43.2 Å². The molecule has 38 heavy (non-hydrogen) atoms. The molecule has 0 aliphatic carbocycles. The summed E-state index contributed by atoms with van der Waals surface area (Å²) in [5.41, 5.74) is 0.129. The Labute approximate surface area is 237 Å². The summed E-state index contributed by atoms with van der Waals surface area (Å²) >= 11 is 7.69. The zero-order valence-corrected chi connectivity index (χ0v) is 24.5. The van der Waals surface area contributed by atoms with Crippen LogP contribution in [-0.4, -0.2) is 33.8 Å². The fourth-order valence-corrected chi connectivity index (χ4v) is 5.95. The minimum Gasteiger partial charge on any atom is -0.502 e. The third kappa shape index (κ3) is 5.18. The maximum absolute atomic E-state index is 13.8. The number of nitro benzene ring substituents is 1. The number of benzene rings is 2. The molecule has 0 saturated heterocycles. The summed E-state index contributed by atoms with van der Waals surface area (Å²) in [5, 5.41) is 21.9. The Morgan fingerprint density at radius 1 is 1.26 bits per heavy atom. The molecule has 0 bridgehead atoms. The first kappa shape index (κ1) is 27.7. The quantitative estimate of drug-likeness (QED) is 0.235. The number of hydrogen-bond acceptors (Lipinski definition) is 9. The number of carbonyl (C=O) groups excluding carboxylic acids is 1. The molecule has 0 spiro atoms. The van der Waals surface area contributed by atoms with Crippen LogP contribution in [-0.2, 0) is 9.53 Å². The van der Waals surface area contributed by atoms with Crippen LogP contribution in [0.1, 0.15) is 37.9 Å².